The number of aromatic amines is 1. The number of hydrogen-bond donors (Lipinski definition) is 1. The molecule has 0 unspecified atom stereocenters. The van der Waals surface area contributed by atoms with Crippen LogP contribution < -0.4 is 4.57 Å². The standard InChI is InChI=1S/C9H10N2/c1-7-6-10-8-4-3-5-11(2)9(7)8/h3-6H,1-2H3/p+1. The molecule has 0 aliphatic carbocycles. The van der Waals surface area contributed by atoms with Crippen molar-refractivity contribution in [3.05, 3.63) is 30.1 Å². The maximum Gasteiger partial charge on any atom is 0.233 e. The van der Waals surface area contributed by atoms with Gasteiger partial charge in [-0.1, -0.05) is 0 Å². The highest BCUT2D eigenvalue weighted by molar-refractivity contribution is 5.74. The summed E-state index contributed by atoms with van der Waals surface area (Å²) < 4.78 is 2.13. The second-order valence-corrected chi connectivity index (χ2v) is 2.85. The van der Waals surface area contributed by atoms with Crippen LogP contribution in [0.4, 0.5) is 0 Å². The van der Waals surface area contributed by atoms with Crippen LogP contribution in [0.25, 0.3) is 11.0 Å². The molecule has 0 amide bonds. The molecule has 0 fully saturated rings. The zero-order valence-electron chi connectivity index (χ0n) is 6.76. The van der Waals surface area contributed by atoms with Crippen LogP contribution in [0.15, 0.2) is 24.5 Å². The van der Waals surface area contributed by atoms with Gasteiger partial charge in [-0.15, -0.1) is 0 Å². The number of H-pyrrole nitrogens is 1. The Kier molecular flexibility index (Phi) is 1.22. The summed E-state index contributed by atoms with van der Waals surface area (Å²) in [7, 11) is 2.06. The van der Waals surface area contributed by atoms with E-state index in [1.165, 1.54) is 16.6 Å². The summed E-state index contributed by atoms with van der Waals surface area (Å²) in [6, 6.07) is 4.13. The number of hydrogen-bond acceptors (Lipinski definition) is 0. The molecule has 0 aliphatic rings. The third-order valence-electron chi connectivity index (χ3n) is 2.00. The molecule has 2 aromatic rings. The topological polar surface area (TPSA) is 19.7 Å². The fourth-order valence-electron chi connectivity index (χ4n) is 1.47. The van der Waals surface area contributed by atoms with Crippen molar-refractivity contribution >= 4 is 11.0 Å². The first-order valence-corrected chi connectivity index (χ1v) is 3.71. The molecule has 2 heteroatoms. The first kappa shape index (κ1) is 6.40. The summed E-state index contributed by atoms with van der Waals surface area (Å²) >= 11 is 0. The minimum Gasteiger partial charge on any atom is -0.356 e. The lowest BCUT2D eigenvalue weighted by Crippen LogP contribution is -2.27. The van der Waals surface area contributed by atoms with Crippen LogP contribution in [-0.2, 0) is 7.05 Å². The van der Waals surface area contributed by atoms with E-state index in [2.05, 4.69) is 35.8 Å². The first-order valence-electron chi connectivity index (χ1n) is 3.71. The molecule has 0 saturated carbocycles. The van der Waals surface area contributed by atoms with Gasteiger partial charge < -0.3 is 4.98 Å². The normalized spacial score (nSPS) is 10.7. The lowest BCUT2D eigenvalue weighted by Gasteiger charge is -1.89. The average Bonchev–Trinajstić information content (AvgIpc) is 2.34. The zero-order valence-corrected chi connectivity index (χ0v) is 6.76. The third-order valence-corrected chi connectivity index (χ3v) is 2.00. The summed E-state index contributed by atoms with van der Waals surface area (Å²) in [6.07, 6.45) is 4.09. The minimum absolute atomic E-state index is 1.20. The number of nitrogens with one attached hydrogen (secondary N) is 1. The average molecular weight is 147 g/mol. The summed E-state index contributed by atoms with van der Waals surface area (Å²) in [5.74, 6) is 0. The molecule has 0 aliphatic heterocycles. The maximum absolute atomic E-state index is 3.21. The molecule has 2 rings (SSSR count). The van der Waals surface area contributed by atoms with Crippen LogP contribution >= 0.6 is 0 Å². The van der Waals surface area contributed by atoms with Gasteiger partial charge in [-0.25, -0.2) is 0 Å². The van der Waals surface area contributed by atoms with E-state index >= 15 is 0 Å². The smallest absolute Gasteiger partial charge is 0.233 e. The number of nitrogens with zero attached hydrogens (tertiary/aromatic N) is 1. The van der Waals surface area contributed by atoms with Gasteiger partial charge in [0.05, 0.1) is 0 Å². The molecule has 0 radical (unpaired) electrons. The minimum atomic E-state index is 1.20. The number of fused-ring (bicyclic) bond motifs is 1. The van der Waals surface area contributed by atoms with Gasteiger partial charge in [-0.2, -0.15) is 4.57 Å². The van der Waals surface area contributed by atoms with Gasteiger partial charge in [0.1, 0.15) is 12.6 Å². The Morgan fingerprint density at radius 2 is 2.27 bits per heavy atom. The summed E-state index contributed by atoms with van der Waals surface area (Å²) in [4.78, 5) is 3.21. The maximum atomic E-state index is 3.21. The van der Waals surface area contributed by atoms with Gasteiger partial charge in [0.15, 0.2) is 6.20 Å². The van der Waals surface area contributed by atoms with Crippen LogP contribution in [0.2, 0.25) is 0 Å². The molecule has 11 heavy (non-hydrogen) atoms. The highest BCUT2D eigenvalue weighted by atomic mass is 14.9. The van der Waals surface area contributed by atoms with E-state index < -0.39 is 0 Å². The quantitative estimate of drug-likeness (QED) is 0.542. The van der Waals surface area contributed by atoms with Gasteiger partial charge >= 0.3 is 0 Å². The van der Waals surface area contributed by atoms with Crippen LogP contribution in [-0.4, -0.2) is 4.98 Å². The van der Waals surface area contributed by atoms with Crippen molar-refractivity contribution in [1.82, 2.24) is 4.98 Å². The third kappa shape index (κ3) is 0.827. The summed E-state index contributed by atoms with van der Waals surface area (Å²) in [5, 5.41) is 0. The molecule has 1 N–H and O–H groups in total. The SMILES string of the molecule is Cc1c[nH]c2ccc[n+](C)c12. The lowest BCUT2D eigenvalue weighted by molar-refractivity contribution is -0.645. The van der Waals surface area contributed by atoms with E-state index in [0.717, 1.165) is 0 Å². The summed E-state index contributed by atoms with van der Waals surface area (Å²) in [6.45, 7) is 2.11. The van der Waals surface area contributed by atoms with E-state index in [1.807, 2.05) is 12.3 Å². The highest BCUT2D eigenvalue weighted by Gasteiger charge is 2.07. The number of rotatable bonds is 0. The van der Waals surface area contributed by atoms with Gasteiger partial charge in [0.2, 0.25) is 5.52 Å². The molecule has 0 atom stereocenters. The first-order chi connectivity index (χ1) is 5.29. The molecular weight excluding hydrogens is 136 g/mol. The van der Waals surface area contributed by atoms with Crippen LogP contribution in [0.3, 0.4) is 0 Å². The largest absolute Gasteiger partial charge is 0.356 e. The molecule has 2 nitrogen and oxygen atoms in total. The van der Waals surface area contributed by atoms with Crippen molar-refractivity contribution < 1.29 is 4.57 Å². The second-order valence-electron chi connectivity index (χ2n) is 2.85. The Labute approximate surface area is 65.5 Å². The van der Waals surface area contributed by atoms with E-state index in [4.69, 9.17) is 0 Å². The summed E-state index contributed by atoms with van der Waals surface area (Å²) in [5.41, 5.74) is 3.78. The van der Waals surface area contributed by atoms with Gasteiger partial charge in [-0.05, 0) is 13.0 Å². The van der Waals surface area contributed by atoms with Gasteiger partial charge in [-0.3, -0.25) is 0 Å². The van der Waals surface area contributed by atoms with Crippen molar-refractivity contribution in [2.45, 2.75) is 6.92 Å². The lowest BCUT2D eigenvalue weighted by atomic mass is 10.3. The Hall–Kier alpha value is -1.31. The fourth-order valence-corrected chi connectivity index (χ4v) is 1.47. The molecule has 0 aromatic carbocycles. The van der Waals surface area contributed by atoms with Gasteiger partial charge in [0, 0.05) is 17.8 Å². The Balaban J connectivity index is 2.96. The van der Waals surface area contributed by atoms with Crippen molar-refractivity contribution in [2.75, 3.05) is 0 Å². The van der Waals surface area contributed by atoms with Crippen LogP contribution in [0, 0.1) is 6.92 Å². The zero-order chi connectivity index (χ0) is 7.84. The second kappa shape index (κ2) is 2.09. The molecule has 0 spiro atoms. The van der Waals surface area contributed by atoms with E-state index in [1.54, 1.807) is 0 Å². The van der Waals surface area contributed by atoms with Crippen molar-refractivity contribution in [3.8, 4) is 0 Å². The Bertz CT molecular complexity index is 387. The molecule has 0 bridgehead atoms. The van der Waals surface area contributed by atoms with E-state index in [-0.39, 0.29) is 0 Å². The number of aromatic nitrogens is 2. The van der Waals surface area contributed by atoms with Crippen LogP contribution in [0.5, 0.6) is 0 Å². The van der Waals surface area contributed by atoms with E-state index in [9.17, 15) is 0 Å². The molecule has 2 aromatic heterocycles. The Morgan fingerprint density at radius 1 is 1.45 bits per heavy atom. The molecule has 2 heterocycles. The monoisotopic (exact) mass is 147 g/mol. The Morgan fingerprint density at radius 3 is 3.00 bits per heavy atom. The number of aryl methyl sites for hydroxylation is 2. The van der Waals surface area contributed by atoms with Crippen molar-refractivity contribution in [2.24, 2.45) is 7.05 Å². The number of pyridine rings is 1. The predicted molar refractivity (Wildman–Crippen MR) is 44.2 cm³/mol. The van der Waals surface area contributed by atoms with Gasteiger partial charge in [0.25, 0.3) is 0 Å². The van der Waals surface area contributed by atoms with Crippen molar-refractivity contribution in [1.29, 1.82) is 0 Å². The van der Waals surface area contributed by atoms with Crippen molar-refractivity contribution in [3.63, 3.8) is 0 Å². The predicted octanol–water partition coefficient (Wildman–Crippen LogP) is 1.30. The highest BCUT2D eigenvalue weighted by Crippen LogP contribution is 2.10. The van der Waals surface area contributed by atoms with Crippen LogP contribution in [0.1, 0.15) is 5.56 Å². The molecule has 56 valence electrons. The molecular formula is C9H11N2+. The molecule has 0 saturated heterocycles. The fraction of sp³-hybridized carbons (Fsp3) is 0.222. The van der Waals surface area contributed by atoms with E-state index in [0.29, 0.717) is 0 Å².